The van der Waals surface area contributed by atoms with E-state index in [1.54, 1.807) is 0 Å². The Morgan fingerprint density at radius 2 is 1.96 bits per heavy atom. The lowest BCUT2D eigenvalue weighted by atomic mass is 10.1. The van der Waals surface area contributed by atoms with Crippen LogP contribution in [0.1, 0.15) is 30.7 Å². The molecule has 0 unspecified atom stereocenters. The Kier molecular flexibility index (Phi) is 6.10. The van der Waals surface area contributed by atoms with Crippen molar-refractivity contribution in [3.05, 3.63) is 41.2 Å². The van der Waals surface area contributed by atoms with Crippen LogP contribution in [0.25, 0.3) is 0 Å². The number of nitrogens with one attached hydrogen (secondary N) is 1. The topological polar surface area (TPSA) is 80.2 Å². The molecule has 3 rings (SSSR count). The summed E-state index contributed by atoms with van der Waals surface area (Å²) in [5, 5.41) is 2.64. The highest BCUT2D eigenvalue weighted by Gasteiger charge is 2.17. The third-order valence-corrected chi connectivity index (χ3v) is 4.28. The lowest BCUT2D eigenvalue weighted by Gasteiger charge is -2.26. The van der Waals surface area contributed by atoms with Gasteiger partial charge in [-0.3, -0.25) is 4.79 Å². The highest BCUT2D eigenvalue weighted by atomic mass is 19.1. The maximum Gasteiger partial charge on any atom is 0.321 e. The van der Waals surface area contributed by atoms with E-state index in [1.165, 1.54) is 19.6 Å². The number of rotatable bonds is 6. The van der Waals surface area contributed by atoms with E-state index in [-0.39, 0.29) is 24.5 Å². The summed E-state index contributed by atoms with van der Waals surface area (Å²) >= 11 is 0. The largest absolute Gasteiger partial charge is 0.467 e. The fourth-order valence-corrected chi connectivity index (χ4v) is 2.87. The molecule has 1 aromatic heterocycles. The molecule has 1 aliphatic heterocycles. The van der Waals surface area contributed by atoms with Crippen LogP contribution in [0, 0.1) is 11.6 Å². The van der Waals surface area contributed by atoms with Crippen molar-refractivity contribution in [1.82, 2.24) is 20.3 Å². The van der Waals surface area contributed by atoms with Crippen molar-refractivity contribution in [2.75, 3.05) is 25.1 Å². The number of ether oxygens (including phenoxy) is 1. The first-order valence-electron chi connectivity index (χ1n) is 8.79. The van der Waals surface area contributed by atoms with E-state index in [9.17, 15) is 13.6 Å². The fraction of sp³-hybridized carbons (Fsp3) is 0.444. The first-order chi connectivity index (χ1) is 13.0. The van der Waals surface area contributed by atoms with Gasteiger partial charge in [0.2, 0.25) is 11.9 Å². The summed E-state index contributed by atoms with van der Waals surface area (Å²) in [6.07, 6.45) is 3.13. The Morgan fingerprint density at radius 1 is 1.19 bits per heavy atom. The van der Waals surface area contributed by atoms with E-state index < -0.39 is 17.5 Å². The molecule has 0 saturated carbocycles. The zero-order valence-electron chi connectivity index (χ0n) is 15.0. The normalized spacial score (nSPS) is 14.1. The third kappa shape index (κ3) is 5.08. The molecule has 0 aliphatic carbocycles. The molecule has 2 heterocycles. The van der Waals surface area contributed by atoms with Gasteiger partial charge in [-0.05, 0) is 30.9 Å². The predicted octanol–water partition coefficient (Wildman–Crippen LogP) is 2.01. The summed E-state index contributed by atoms with van der Waals surface area (Å²) in [5.74, 6) is -0.969. The second-order valence-electron chi connectivity index (χ2n) is 6.28. The smallest absolute Gasteiger partial charge is 0.321 e. The average molecular weight is 377 g/mol. The Morgan fingerprint density at radius 3 is 2.67 bits per heavy atom. The van der Waals surface area contributed by atoms with E-state index in [1.807, 2.05) is 0 Å². The first kappa shape index (κ1) is 18.9. The van der Waals surface area contributed by atoms with Crippen LogP contribution < -0.4 is 15.0 Å². The van der Waals surface area contributed by atoms with Crippen LogP contribution in [0.15, 0.2) is 18.2 Å². The monoisotopic (exact) mass is 377 g/mol. The van der Waals surface area contributed by atoms with Gasteiger partial charge in [-0.1, -0.05) is 6.07 Å². The van der Waals surface area contributed by atoms with Crippen molar-refractivity contribution in [1.29, 1.82) is 0 Å². The van der Waals surface area contributed by atoms with Crippen LogP contribution in [-0.2, 0) is 17.8 Å². The SMILES string of the molecule is COc1nc(CNC(=O)Cc2ccc(F)cc2F)nc(N2CCCCC2)n1. The molecule has 0 bridgehead atoms. The van der Waals surface area contributed by atoms with Gasteiger partial charge in [0.1, 0.15) is 11.6 Å². The number of methoxy groups -OCH3 is 1. The van der Waals surface area contributed by atoms with Crippen LogP contribution in [0.5, 0.6) is 6.01 Å². The number of aromatic nitrogens is 3. The van der Waals surface area contributed by atoms with Crippen molar-refractivity contribution in [2.45, 2.75) is 32.2 Å². The number of anilines is 1. The molecule has 1 saturated heterocycles. The van der Waals surface area contributed by atoms with Crippen LogP contribution in [0.2, 0.25) is 0 Å². The maximum atomic E-state index is 13.7. The molecule has 1 aromatic carbocycles. The van der Waals surface area contributed by atoms with Crippen LogP contribution in [-0.4, -0.2) is 41.1 Å². The van der Waals surface area contributed by atoms with Gasteiger partial charge in [-0.15, -0.1) is 0 Å². The quantitative estimate of drug-likeness (QED) is 0.830. The van der Waals surface area contributed by atoms with Crippen molar-refractivity contribution in [3.8, 4) is 6.01 Å². The summed E-state index contributed by atoms with van der Waals surface area (Å²) in [4.78, 5) is 27.0. The second kappa shape index (κ2) is 8.70. The minimum atomic E-state index is -0.751. The Bertz CT molecular complexity index is 812. The van der Waals surface area contributed by atoms with Gasteiger partial charge in [0.15, 0.2) is 5.82 Å². The molecule has 7 nitrogen and oxygen atoms in total. The van der Waals surface area contributed by atoms with Crippen molar-refractivity contribution < 1.29 is 18.3 Å². The molecule has 1 aliphatic rings. The molecule has 1 amide bonds. The van der Waals surface area contributed by atoms with Crippen molar-refractivity contribution in [2.24, 2.45) is 0 Å². The third-order valence-electron chi connectivity index (χ3n) is 4.28. The summed E-state index contributed by atoms with van der Waals surface area (Å²) in [6, 6.07) is 3.31. The van der Waals surface area contributed by atoms with Gasteiger partial charge in [0, 0.05) is 19.2 Å². The van der Waals surface area contributed by atoms with Crippen LogP contribution >= 0.6 is 0 Å². The predicted molar refractivity (Wildman–Crippen MR) is 94.4 cm³/mol. The van der Waals surface area contributed by atoms with Gasteiger partial charge >= 0.3 is 6.01 Å². The van der Waals surface area contributed by atoms with E-state index in [0.717, 1.165) is 38.1 Å². The number of amides is 1. The highest BCUT2D eigenvalue weighted by molar-refractivity contribution is 5.78. The standard InChI is InChI=1S/C18H21F2N5O2/c1-27-18-23-15(22-17(24-18)25-7-3-2-4-8-25)11-21-16(26)9-12-5-6-13(19)10-14(12)20/h5-6,10H,2-4,7-9,11H2,1H3,(H,21,26). The summed E-state index contributed by atoms with van der Waals surface area (Å²) in [5.41, 5.74) is 0.121. The molecule has 0 spiro atoms. The van der Waals surface area contributed by atoms with E-state index in [0.29, 0.717) is 11.8 Å². The molecular weight excluding hydrogens is 356 g/mol. The van der Waals surface area contributed by atoms with Gasteiger partial charge < -0.3 is 15.0 Å². The Hall–Kier alpha value is -2.84. The second-order valence-corrected chi connectivity index (χ2v) is 6.28. The number of halogens is 2. The molecule has 0 atom stereocenters. The number of nitrogens with zero attached hydrogens (tertiary/aromatic N) is 4. The Balaban J connectivity index is 1.64. The maximum absolute atomic E-state index is 13.7. The molecule has 1 fully saturated rings. The number of hydrogen-bond donors (Lipinski definition) is 1. The summed E-state index contributed by atoms with van der Waals surface area (Å²) in [6.45, 7) is 1.78. The molecule has 9 heteroatoms. The molecule has 144 valence electrons. The number of hydrogen-bond acceptors (Lipinski definition) is 6. The zero-order valence-corrected chi connectivity index (χ0v) is 15.0. The molecular formula is C18H21F2N5O2. The van der Waals surface area contributed by atoms with E-state index >= 15 is 0 Å². The zero-order chi connectivity index (χ0) is 19.2. The number of benzene rings is 1. The van der Waals surface area contributed by atoms with Crippen molar-refractivity contribution in [3.63, 3.8) is 0 Å². The van der Waals surface area contributed by atoms with Crippen molar-refractivity contribution >= 4 is 11.9 Å². The van der Waals surface area contributed by atoms with Gasteiger partial charge in [-0.25, -0.2) is 8.78 Å². The van der Waals surface area contributed by atoms with Gasteiger partial charge in [0.05, 0.1) is 20.1 Å². The van der Waals surface area contributed by atoms with Crippen LogP contribution in [0.3, 0.4) is 0 Å². The lowest BCUT2D eigenvalue weighted by Crippen LogP contribution is -2.32. The summed E-state index contributed by atoms with van der Waals surface area (Å²) < 4.78 is 31.7. The molecule has 2 aromatic rings. The van der Waals surface area contributed by atoms with Crippen LogP contribution in [0.4, 0.5) is 14.7 Å². The summed E-state index contributed by atoms with van der Waals surface area (Å²) in [7, 11) is 1.47. The Labute approximate surface area is 155 Å². The van der Waals surface area contributed by atoms with Gasteiger partial charge in [0.25, 0.3) is 0 Å². The average Bonchev–Trinajstić information content (AvgIpc) is 2.69. The van der Waals surface area contributed by atoms with Gasteiger partial charge in [-0.2, -0.15) is 15.0 Å². The number of piperidine rings is 1. The minimum Gasteiger partial charge on any atom is -0.467 e. The molecule has 27 heavy (non-hydrogen) atoms. The first-order valence-corrected chi connectivity index (χ1v) is 8.79. The van der Waals surface area contributed by atoms with E-state index in [2.05, 4.69) is 25.2 Å². The number of carbonyl (C=O) groups is 1. The fourth-order valence-electron chi connectivity index (χ4n) is 2.87. The lowest BCUT2D eigenvalue weighted by molar-refractivity contribution is -0.120. The molecule has 0 radical (unpaired) electrons. The van der Waals surface area contributed by atoms with E-state index in [4.69, 9.17) is 4.74 Å². The number of carbonyl (C=O) groups excluding carboxylic acids is 1. The molecule has 1 N–H and O–H groups in total. The highest BCUT2D eigenvalue weighted by Crippen LogP contribution is 2.17. The minimum absolute atomic E-state index is 0.0569.